The van der Waals surface area contributed by atoms with E-state index in [-0.39, 0.29) is 5.91 Å². The van der Waals surface area contributed by atoms with Crippen molar-refractivity contribution in [3.05, 3.63) is 70.8 Å². The summed E-state index contributed by atoms with van der Waals surface area (Å²) in [5.74, 6) is 1.53. The van der Waals surface area contributed by atoms with E-state index in [4.69, 9.17) is 5.26 Å². The number of carbonyl (C=O) groups excluding carboxylic acids is 1. The van der Waals surface area contributed by atoms with Gasteiger partial charge in [-0.1, -0.05) is 42.0 Å². The molecule has 0 unspecified atom stereocenters. The second kappa shape index (κ2) is 9.59. The number of carbonyl (C=O) groups is 1. The topological polar surface area (TPSA) is 47.3 Å². The lowest BCUT2D eigenvalue weighted by atomic mass is 10.1. The van der Waals surface area contributed by atoms with Crippen LogP contribution in [0.1, 0.15) is 22.3 Å². The van der Waals surface area contributed by atoms with E-state index in [1.54, 1.807) is 11.8 Å². The van der Waals surface area contributed by atoms with Crippen LogP contribution in [0.25, 0.3) is 0 Å². The Hall–Kier alpha value is -2.29. The molecule has 5 heteroatoms. The Morgan fingerprint density at radius 3 is 2.48 bits per heavy atom. The maximum absolute atomic E-state index is 12.4. The molecule has 4 nitrogen and oxygen atoms in total. The lowest BCUT2D eigenvalue weighted by molar-refractivity contribution is -0.130. The average molecular weight is 380 g/mol. The highest BCUT2D eigenvalue weighted by Gasteiger charge is 2.20. The first kappa shape index (κ1) is 19.5. The lowest BCUT2D eigenvalue weighted by Crippen LogP contribution is -2.48. The first-order chi connectivity index (χ1) is 13.1. The van der Waals surface area contributed by atoms with E-state index in [0.717, 1.165) is 44.0 Å². The minimum Gasteiger partial charge on any atom is -0.339 e. The first-order valence-electron chi connectivity index (χ1n) is 9.26. The van der Waals surface area contributed by atoms with Crippen LogP contribution in [0, 0.1) is 18.3 Å². The highest BCUT2D eigenvalue weighted by molar-refractivity contribution is 7.99. The Kier molecular flexibility index (Phi) is 6.92. The van der Waals surface area contributed by atoms with E-state index in [1.807, 2.05) is 29.2 Å². The molecule has 2 aromatic carbocycles. The zero-order valence-electron chi connectivity index (χ0n) is 15.7. The van der Waals surface area contributed by atoms with Gasteiger partial charge in [0.2, 0.25) is 5.91 Å². The van der Waals surface area contributed by atoms with Gasteiger partial charge in [-0.2, -0.15) is 5.26 Å². The molecule has 3 rings (SSSR count). The normalized spacial score (nSPS) is 14.7. The number of benzene rings is 2. The number of nitriles is 1. The van der Waals surface area contributed by atoms with E-state index in [1.165, 1.54) is 11.1 Å². The number of amides is 1. The number of rotatable bonds is 6. The second-order valence-electron chi connectivity index (χ2n) is 6.95. The van der Waals surface area contributed by atoms with E-state index in [0.29, 0.717) is 11.3 Å². The quantitative estimate of drug-likeness (QED) is 0.771. The Labute approximate surface area is 165 Å². The van der Waals surface area contributed by atoms with E-state index >= 15 is 0 Å². The van der Waals surface area contributed by atoms with Gasteiger partial charge in [-0.3, -0.25) is 9.69 Å². The molecule has 0 N–H and O–H groups in total. The fraction of sp³-hybridized carbons (Fsp3) is 0.364. The van der Waals surface area contributed by atoms with Gasteiger partial charge < -0.3 is 4.90 Å². The van der Waals surface area contributed by atoms with Crippen molar-refractivity contribution in [2.24, 2.45) is 0 Å². The number of nitrogens with zero attached hydrogens (tertiary/aromatic N) is 3. The summed E-state index contributed by atoms with van der Waals surface area (Å²) in [6, 6.07) is 18.3. The Balaban J connectivity index is 1.38. The van der Waals surface area contributed by atoms with Crippen molar-refractivity contribution in [2.45, 2.75) is 19.2 Å². The van der Waals surface area contributed by atoms with Gasteiger partial charge in [-0.05, 0) is 30.2 Å². The van der Waals surface area contributed by atoms with Crippen molar-refractivity contribution in [1.29, 1.82) is 5.26 Å². The second-order valence-corrected chi connectivity index (χ2v) is 7.93. The number of thioether (sulfide) groups is 1. The van der Waals surface area contributed by atoms with Crippen LogP contribution >= 0.6 is 11.8 Å². The molecular weight excluding hydrogens is 354 g/mol. The van der Waals surface area contributed by atoms with Gasteiger partial charge in [-0.25, -0.2) is 0 Å². The van der Waals surface area contributed by atoms with Gasteiger partial charge in [0.05, 0.1) is 17.4 Å². The molecular formula is C22H25N3OS. The molecule has 140 valence electrons. The van der Waals surface area contributed by atoms with Crippen LogP contribution < -0.4 is 0 Å². The van der Waals surface area contributed by atoms with Crippen molar-refractivity contribution < 1.29 is 4.79 Å². The molecule has 0 aliphatic carbocycles. The zero-order valence-corrected chi connectivity index (χ0v) is 16.5. The molecule has 2 aromatic rings. The van der Waals surface area contributed by atoms with Crippen LogP contribution in [0.3, 0.4) is 0 Å². The van der Waals surface area contributed by atoms with Crippen LogP contribution in [0.2, 0.25) is 0 Å². The molecule has 1 saturated heterocycles. The Morgan fingerprint density at radius 2 is 1.81 bits per heavy atom. The van der Waals surface area contributed by atoms with Crippen molar-refractivity contribution in [3.63, 3.8) is 0 Å². The molecule has 1 amide bonds. The van der Waals surface area contributed by atoms with E-state index in [9.17, 15) is 4.79 Å². The van der Waals surface area contributed by atoms with Crippen LogP contribution in [-0.2, 0) is 17.1 Å². The summed E-state index contributed by atoms with van der Waals surface area (Å²) in [5, 5.41) is 8.83. The minimum atomic E-state index is 0.226. The number of hydrogen-bond donors (Lipinski definition) is 0. The summed E-state index contributed by atoms with van der Waals surface area (Å²) in [6.07, 6.45) is 0. The third-order valence-corrected chi connectivity index (χ3v) is 5.78. The molecule has 0 spiro atoms. The van der Waals surface area contributed by atoms with Crippen LogP contribution in [0.5, 0.6) is 0 Å². The Bertz CT molecular complexity index is 805. The highest BCUT2D eigenvalue weighted by atomic mass is 32.2. The maximum atomic E-state index is 12.4. The van der Waals surface area contributed by atoms with Crippen molar-refractivity contribution >= 4 is 17.7 Å². The van der Waals surface area contributed by atoms with Crippen molar-refractivity contribution in [2.75, 3.05) is 31.9 Å². The zero-order chi connectivity index (χ0) is 19.1. The van der Waals surface area contributed by atoms with Crippen LogP contribution in [0.15, 0.2) is 48.5 Å². The molecule has 0 atom stereocenters. The summed E-state index contributed by atoms with van der Waals surface area (Å²) in [4.78, 5) is 16.8. The fourth-order valence-electron chi connectivity index (χ4n) is 3.25. The molecule has 0 bridgehead atoms. The fourth-order valence-corrected chi connectivity index (χ4v) is 4.13. The third-order valence-electron chi connectivity index (χ3n) is 4.79. The summed E-state index contributed by atoms with van der Waals surface area (Å²) in [7, 11) is 0. The number of piperazine rings is 1. The SMILES string of the molecule is Cc1cccc(CN2CCN(C(=O)CSCc3ccc(C#N)cc3)CC2)c1. The molecule has 1 aliphatic heterocycles. The van der Waals surface area contributed by atoms with Gasteiger partial charge in [0, 0.05) is 38.5 Å². The van der Waals surface area contributed by atoms with Crippen molar-refractivity contribution in [1.82, 2.24) is 9.80 Å². The molecule has 0 saturated carbocycles. The van der Waals surface area contributed by atoms with Crippen molar-refractivity contribution in [3.8, 4) is 6.07 Å². The van der Waals surface area contributed by atoms with Gasteiger partial charge >= 0.3 is 0 Å². The average Bonchev–Trinajstić information content (AvgIpc) is 2.69. The highest BCUT2D eigenvalue weighted by Crippen LogP contribution is 2.15. The molecule has 1 fully saturated rings. The van der Waals surface area contributed by atoms with Gasteiger partial charge in [0.25, 0.3) is 0 Å². The van der Waals surface area contributed by atoms with Crippen LogP contribution in [0.4, 0.5) is 0 Å². The maximum Gasteiger partial charge on any atom is 0.232 e. The summed E-state index contributed by atoms with van der Waals surface area (Å²) < 4.78 is 0. The number of aryl methyl sites for hydroxylation is 1. The largest absolute Gasteiger partial charge is 0.339 e. The predicted octanol–water partition coefficient (Wildman–Crippen LogP) is 3.44. The monoisotopic (exact) mass is 379 g/mol. The third kappa shape index (κ3) is 5.85. The predicted molar refractivity (Wildman–Crippen MR) is 110 cm³/mol. The van der Waals surface area contributed by atoms with E-state index in [2.05, 4.69) is 42.2 Å². The smallest absolute Gasteiger partial charge is 0.232 e. The van der Waals surface area contributed by atoms with Crippen LogP contribution in [-0.4, -0.2) is 47.6 Å². The Morgan fingerprint density at radius 1 is 1.07 bits per heavy atom. The summed E-state index contributed by atoms with van der Waals surface area (Å²) in [6.45, 7) is 6.55. The first-order valence-corrected chi connectivity index (χ1v) is 10.4. The van der Waals surface area contributed by atoms with Gasteiger partial charge in [0.1, 0.15) is 0 Å². The number of hydrogen-bond acceptors (Lipinski definition) is 4. The van der Waals surface area contributed by atoms with Gasteiger partial charge in [0.15, 0.2) is 0 Å². The minimum absolute atomic E-state index is 0.226. The molecule has 0 radical (unpaired) electrons. The van der Waals surface area contributed by atoms with Gasteiger partial charge in [-0.15, -0.1) is 11.8 Å². The molecule has 1 aliphatic rings. The summed E-state index contributed by atoms with van der Waals surface area (Å²) >= 11 is 1.64. The summed E-state index contributed by atoms with van der Waals surface area (Å²) in [5.41, 5.74) is 4.45. The standard InChI is InChI=1S/C22H25N3OS/c1-18-3-2-4-21(13-18)15-24-9-11-25(12-10-24)22(26)17-27-16-20-7-5-19(14-23)6-8-20/h2-8,13H,9-12,15-17H2,1H3. The molecule has 0 aromatic heterocycles. The molecule has 27 heavy (non-hydrogen) atoms. The molecule has 1 heterocycles. The lowest BCUT2D eigenvalue weighted by Gasteiger charge is -2.34. The van der Waals surface area contributed by atoms with E-state index < -0.39 is 0 Å².